The Kier molecular flexibility index (Phi) is 2.69. The minimum absolute atomic E-state index is 0.160. The fourth-order valence-corrected chi connectivity index (χ4v) is 2.68. The molecule has 0 saturated carbocycles. The van der Waals surface area contributed by atoms with E-state index in [1.807, 2.05) is 6.07 Å². The van der Waals surface area contributed by atoms with Crippen molar-refractivity contribution in [2.45, 2.75) is 11.8 Å². The van der Waals surface area contributed by atoms with Crippen molar-refractivity contribution in [1.82, 2.24) is 0 Å². The highest BCUT2D eigenvalue weighted by Crippen LogP contribution is 2.36. The van der Waals surface area contributed by atoms with E-state index in [0.29, 0.717) is 5.92 Å². The predicted molar refractivity (Wildman–Crippen MR) is 51.8 cm³/mol. The molecule has 2 atom stereocenters. The second kappa shape index (κ2) is 3.77. The lowest BCUT2D eigenvalue weighted by molar-refractivity contribution is 0.185. The molecule has 1 aliphatic heterocycles. The first-order chi connectivity index (χ1) is 5.88. The first kappa shape index (κ1) is 8.54. The summed E-state index contributed by atoms with van der Waals surface area (Å²) in [6, 6.07) is 4.14. The molecule has 12 heavy (non-hydrogen) atoms. The molecule has 1 nitrogen and oxygen atoms in total. The summed E-state index contributed by atoms with van der Waals surface area (Å²) in [7, 11) is 0. The van der Waals surface area contributed by atoms with Crippen LogP contribution in [0.3, 0.4) is 0 Å². The largest absolute Gasteiger partial charge is 0.381 e. The second-order valence-electron chi connectivity index (χ2n) is 3.04. The van der Waals surface area contributed by atoms with Crippen LogP contribution in [0.5, 0.6) is 0 Å². The lowest BCUT2D eigenvalue weighted by Gasteiger charge is -2.12. The van der Waals surface area contributed by atoms with E-state index >= 15 is 0 Å². The molecule has 0 aromatic carbocycles. The van der Waals surface area contributed by atoms with E-state index in [0.717, 1.165) is 19.6 Å². The molecule has 0 amide bonds. The van der Waals surface area contributed by atoms with Crippen LogP contribution in [0.2, 0.25) is 0 Å². The zero-order valence-corrected chi connectivity index (χ0v) is 8.27. The third kappa shape index (κ3) is 1.65. The topological polar surface area (TPSA) is 9.23 Å². The van der Waals surface area contributed by atoms with Crippen molar-refractivity contribution in [3.8, 4) is 0 Å². The highest BCUT2D eigenvalue weighted by Gasteiger charge is 2.25. The molecular weight excluding hydrogens is 192 g/mol. The zero-order valence-electron chi connectivity index (χ0n) is 6.70. The number of thiophene rings is 1. The van der Waals surface area contributed by atoms with Crippen LogP contribution >= 0.6 is 22.9 Å². The zero-order chi connectivity index (χ0) is 8.39. The van der Waals surface area contributed by atoms with Gasteiger partial charge in [-0.15, -0.1) is 22.9 Å². The van der Waals surface area contributed by atoms with Crippen LogP contribution < -0.4 is 0 Å². The van der Waals surface area contributed by atoms with Gasteiger partial charge in [0, 0.05) is 17.4 Å². The minimum atomic E-state index is 0.160. The number of hydrogen-bond donors (Lipinski definition) is 0. The quantitative estimate of drug-likeness (QED) is 0.670. The van der Waals surface area contributed by atoms with Crippen molar-refractivity contribution in [2.24, 2.45) is 5.92 Å². The molecular formula is C9H11ClOS. The van der Waals surface area contributed by atoms with Gasteiger partial charge in [-0.2, -0.15) is 0 Å². The number of ether oxygens (including phenoxy) is 1. The fraction of sp³-hybridized carbons (Fsp3) is 0.556. The average Bonchev–Trinajstić information content (AvgIpc) is 2.77. The number of hydrogen-bond acceptors (Lipinski definition) is 2. The van der Waals surface area contributed by atoms with Gasteiger partial charge in [-0.1, -0.05) is 6.07 Å². The first-order valence-electron chi connectivity index (χ1n) is 4.13. The Labute approximate surface area is 81.3 Å². The van der Waals surface area contributed by atoms with Gasteiger partial charge in [0.25, 0.3) is 0 Å². The summed E-state index contributed by atoms with van der Waals surface area (Å²) in [6.45, 7) is 1.70. The second-order valence-corrected chi connectivity index (χ2v) is 4.49. The van der Waals surface area contributed by atoms with Gasteiger partial charge < -0.3 is 4.74 Å². The molecule has 2 unspecified atom stereocenters. The van der Waals surface area contributed by atoms with Gasteiger partial charge >= 0.3 is 0 Å². The molecule has 0 spiro atoms. The summed E-state index contributed by atoms with van der Waals surface area (Å²) in [5.41, 5.74) is 0. The van der Waals surface area contributed by atoms with E-state index in [4.69, 9.17) is 16.3 Å². The van der Waals surface area contributed by atoms with Crippen molar-refractivity contribution in [2.75, 3.05) is 13.2 Å². The van der Waals surface area contributed by atoms with E-state index in [-0.39, 0.29) is 5.38 Å². The Morgan fingerprint density at radius 3 is 3.17 bits per heavy atom. The Balaban J connectivity index is 2.04. The molecule has 1 fully saturated rings. The van der Waals surface area contributed by atoms with Crippen LogP contribution in [0.25, 0.3) is 0 Å². The summed E-state index contributed by atoms with van der Waals surface area (Å²) in [6.07, 6.45) is 1.10. The van der Waals surface area contributed by atoms with Crippen LogP contribution in [0, 0.1) is 5.92 Å². The maximum absolute atomic E-state index is 6.28. The Bertz CT molecular complexity index is 229. The molecule has 1 saturated heterocycles. The van der Waals surface area contributed by atoms with Gasteiger partial charge in [0.1, 0.15) is 0 Å². The number of rotatable bonds is 2. The SMILES string of the molecule is ClC(c1cccs1)C1CCOC1. The van der Waals surface area contributed by atoms with E-state index in [2.05, 4.69) is 11.4 Å². The van der Waals surface area contributed by atoms with Crippen molar-refractivity contribution in [3.63, 3.8) is 0 Å². The fourth-order valence-electron chi connectivity index (χ4n) is 1.46. The van der Waals surface area contributed by atoms with Gasteiger partial charge in [-0.25, -0.2) is 0 Å². The molecule has 1 aliphatic rings. The normalized spacial score (nSPS) is 25.9. The van der Waals surface area contributed by atoms with Crippen LogP contribution in [-0.2, 0) is 4.74 Å². The van der Waals surface area contributed by atoms with Crippen LogP contribution in [0.15, 0.2) is 17.5 Å². The van der Waals surface area contributed by atoms with Gasteiger partial charge in [0.15, 0.2) is 0 Å². The van der Waals surface area contributed by atoms with Crippen molar-refractivity contribution in [3.05, 3.63) is 22.4 Å². The molecule has 0 N–H and O–H groups in total. The van der Waals surface area contributed by atoms with Crippen LogP contribution in [0.1, 0.15) is 16.7 Å². The lowest BCUT2D eigenvalue weighted by atomic mass is 10.0. The minimum Gasteiger partial charge on any atom is -0.381 e. The molecule has 66 valence electrons. The maximum atomic E-state index is 6.28. The van der Waals surface area contributed by atoms with Crippen molar-refractivity contribution in [1.29, 1.82) is 0 Å². The molecule has 1 aromatic heterocycles. The molecule has 3 heteroatoms. The third-order valence-electron chi connectivity index (χ3n) is 2.19. The molecule has 0 radical (unpaired) electrons. The van der Waals surface area contributed by atoms with Crippen LogP contribution in [0.4, 0.5) is 0 Å². The molecule has 0 bridgehead atoms. The maximum Gasteiger partial charge on any atom is 0.0729 e. The first-order valence-corrected chi connectivity index (χ1v) is 5.45. The van der Waals surface area contributed by atoms with Gasteiger partial charge in [0.2, 0.25) is 0 Å². The average molecular weight is 203 g/mol. The predicted octanol–water partition coefficient (Wildman–Crippen LogP) is 3.06. The monoisotopic (exact) mass is 202 g/mol. The van der Waals surface area contributed by atoms with Crippen molar-refractivity contribution < 1.29 is 4.74 Å². The Hall–Kier alpha value is -0.0500. The summed E-state index contributed by atoms with van der Waals surface area (Å²) in [5.74, 6) is 0.519. The number of alkyl halides is 1. The highest BCUT2D eigenvalue weighted by atomic mass is 35.5. The van der Waals surface area contributed by atoms with E-state index in [1.54, 1.807) is 11.3 Å². The number of halogens is 1. The summed E-state index contributed by atoms with van der Waals surface area (Å²) < 4.78 is 5.30. The standard InChI is InChI=1S/C9H11ClOS/c10-9(7-3-4-11-6-7)8-2-1-5-12-8/h1-2,5,7,9H,3-4,6H2. The highest BCUT2D eigenvalue weighted by molar-refractivity contribution is 7.10. The van der Waals surface area contributed by atoms with Gasteiger partial charge in [-0.05, 0) is 17.9 Å². The third-order valence-corrected chi connectivity index (χ3v) is 3.87. The van der Waals surface area contributed by atoms with E-state index in [9.17, 15) is 0 Å². The Morgan fingerprint density at radius 2 is 2.58 bits per heavy atom. The van der Waals surface area contributed by atoms with Crippen molar-refractivity contribution >= 4 is 22.9 Å². The smallest absolute Gasteiger partial charge is 0.0729 e. The molecule has 0 aliphatic carbocycles. The molecule has 1 aromatic rings. The molecule has 2 rings (SSSR count). The van der Waals surface area contributed by atoms with E-state index < -0.39 is 0 Å². The summed E-state index contributed by atoms with van der Waals surface area (Å²) >= 11 is 8.01. The Morgan fingerprint density at radius 1 is 1.67 bits per heavy atom. The van der Waals surface area contributed by atoms with Crippen LogP contribution in [-0.4, -0.2) is 13.2 Å². The summed E-state index contributed by atoms with van der Waals surface area (Å²) in [4.78, 5) is 1.27. The van der Waals surface area contributed by atoms with Gasteiger partial charge in [0.05, 0.1) is 12.0 Å². The van der Waals surface area contributed by atoms with Gasteiger partial charge in [-0.3, -0.25) is 0 Å². The lowest BCUT2D eigenvalue weighted by Crippen LogP contribution is -2.05. The summed E-state index contributed by atoms with van der Waals surface area (Å²) in [5, 5.41) is 2.23. The molecule has 2 heterocycles. The van der Waals surface area contributed by atoms with E-state index in [1.165, 1.54) is 4.88 Å².